The molecule has 6 nitrogen and oxygen atoms in total. The number of nitrogens with zero attached hydrogens (tertiary/aromatic N) is 2. The zero-order valence-electron chi connectivity index (χ0n) is 20.8. The van der Waals surface area contributed by atoms with Gasteiger partial charge in [-0.2, -0.15) is 0 Å². The van der Waals surface area contributed by atoms with Crippen molar-refractivity contribution in [2.45, 2.75) is 32.7 Å². The van der Waals surface area contributed by atoms with E-state index in [0.29, 0.717) is 43.1 Å². The number of ether oxygens (including phenoxy) is 1. The summed E-state index contributed by atoms with van der Waals surface area (Å²) in [4.78, 5) is 31.7. The Morgan fingerprint density at radius 3 is 2.54 bits per heavy atom. The monoisotopic (exact) mass is 532 g/mol. The summed E-state index contributed by atoms with van der Waals surface area (Å²) in [7, 11) is 1.33. The van der Waals surface area contributed by atoms with Crippen LogP contribution < -0.4 is 14.9 Å². The van der Waals surface area contributed by atoms with E-state index in [1.54, 1.807) is 29.7 Å². The van der Waals surface area contributed by atoms with Gasteiger partial charge in [-0.25, -0.2) is 9.79 Å². The summed E-state index contributed by atoms with van der Waals surface area (Å²) in [5, 5.41) is 0.581. The minimum atomic E-state index is -0.651. The third-order valence-corrected chi connectivity index (χ3v) is 7.70. The number of benzene rings is 2. The second kappa shape index (κ2) is 10.00. The van der Waals surface area contributed by atoms with Crippen LogP contribution in [-0.2, 0) is 9.53 Å². The zero-order chi connectivity index (χ0) is 26.3. The molecule has 0 bridgehead atoms. The number of carbonyl (C=O) groups is 1. The lowest BCUT2D eigenvalue weighted by Gasteiger charge is -2.24. The van der Waals surface area contributed by atoms with Crippen LogP contribution in [0.15, 0.2) is 86.1 Å². The number of esters is 1. The van der Waals surface area contributed by atoms with Gasteiger partial charge in [-0.15, -0.1) is 0 Å². The Morgan fingerprint density at radius 1 is 1.14 bits per heavy atom. The minimum Gasteiger partial charge on any atom is -0.466 e. The molecule has 5 rings (SSSR count). The fraction of sp³-hybridized carbons (Fsp3) is 0.207. The van der Waals surface area contributed by atoms with E-state index in [-0.39, 0.29) is 5.56 Å². The summed E-state index contributed by atoms with van der Waals surface area (Å²) in [6.45, 7) is 6.00. The van der Waals surface area contributed by atoms with Crippen LogP contribution in [0.5, 0.6) is 0 Å². The van der Waals surface area contributed by atoms with Crippen molar-refractivity contribution in [3.05, 3.63) is 114 Å². The Morgan fingerprint density at radius 2 is 1.86 bits per heavy atom. The second-order valence-corrected chi connectivity index (χ2v) is 10.5. The fourth-order valence-corrected chi connectivity index (χ4v) is 5.69. The molecular formula is C29H25ClN2O4S. The lowest BCUT2D eigenvalue weighted by Crippen LogP contribution is -2.39. The van der Waals surface area contributed by atoms with Crippen LogP contribution in [0.1, 0.15) is 49.6 Å². The highest BCUT2D eigenvalue weighted by atomic mass is 35.5. The van der Waals surface area contributed by atoms with Crippen LogP contribution in [0, 0.1) is 0 Å². The Bertz CT molecular complexity index is 1710. The molecular weight excluding hydrogens is 508 g/mol. The minimum absolute atomic E-state index is 0.258. The highest BCUT2D eigenvalue weighted by molar-refractivity contribution is 7.07. The molecule has 188 valence electrons. The SMILES string of the molecule is COC(=O)C1=C(C)N=c2s/c(=C\c3ccc(-c4ccccc4Cl)o3)c(=O)n2[C@H]1c1ccc(C(C)C)cc1. The molecule has 0 unspecified atom stereocenters. The first-order valence-corrected chi connectivity index (χ1v) is 13.0. The number of fused-ring (bicyclic) bond motifs is 1. The topological polar surface area (TPSA) is 73.8 Å². The highest BCUT2D eigenvalue weighted by Crippen LogP contribution is 2.32. The Hall–Kier alpha value is -3.68. The number of halogens is 1. The van der Waals surface area contributed by atoms with Crippen molar-refractivity contribution >= 4 is 35.0 Å². The fourth-order valence-electron chi connectivity index (χ4n) is 4.44. The molecule has 0 radical (unpaired) electrons. The van der Waals surface area contributed by atoms with Crippen LogP contribution in [0.25, 0.3) is 17.4 Å². The first-order chi connectivity index (χ1) is 17.8. The van der Waals surface area contributed by atoms with Gasteiger partial charge in [-0.1, -0.05) is 73.2 Å². The van der Waals surface area contributed by atoms with Gasteiger partial charge in [0.2, 0.25) is 0 Å². The van der Waals surface area contributed by atoms with Crippen LogP contribution in [-0.4, -0.2) is 17.6 Å². The number of methoxy groups -OCH3 is 1. The zero-order valence-corrected chi connectivity index (χ0v) is 22.4. The van der Waals surface area contributed by atoms with Crippen LogP contribution >= 0.6 is 22.9 Å². The van der Waals surface area contributed by atoms with Crippen molar-refractivity contribution in [3.63, 3.8) is 0 Å². The average Bonchev–Trinajstić information content (AvgIpc) is 3.47. The predicted molar refractivity (Wildman–Crippen MR) is 145 cm³/mol. The summed E-state index contributed by atoms with van der Waals surface area (Å²) in [5.41, 5.74) is 3.36. The normalized spacial score (nSPS) is 15.6. The summed E-state index contributed by atoms with van der Waals surface area (Å²) in [6.07, 6.45) is 1.69. The summed E-state index contributed by atoms with van der Waals surface area (Å²) < 4.78 is 13.1. The van der Waals surface area contributed by atoms with Gasteiger partial charge in [-0.05, 0) is 48.2 Å². The van der Waals surface area contributed by atoms with Crippen LogP contribution in [0.3, 0.4) is 0 Å². The Kier molecular flexibility index (Phi) is 6.75. The van der Waals surface area contributed by atoms with Gasteiger partial charge < -0.3 is 9.15 Å². The van der Waals surface area contributed by atoms with Gasteiger partial charge in [0.25, 0.3) is 5.56 Å². The maximum absolute atomic E-state index is 13.7. The molecule has 8 heteroatoms. The van der Waals surface area contributed by atoms with Crippen molar-refractivity contribution in [1.82, 2.24) is 4.57 Å². The summed E-state index contributed by atoms with van der Waals surface area (Å²) >= 11 is 7.56. The van der Waals surface area contributed by atoms with Crippen LogP contribution in [0.2, 0.25) is 5.02 Å². The van der Waals surface area contributed by atoms with E-state index in [0.717, 1.165) is 11.1 Å². The molecule has 2 aromatic heterocycles. The van der Waals surface area contributed by atoms with E-state index in [1.807, 2.05) is 48.5 Å². The van der Waals surface area contributed by atoms with Gasteiger partial charge >= 0.3 is 5.97 Å². The quantitative estimate of drug-likeness (QED) is 0.321. The average molecular weight is 533 g/mol. The summed E-state index contributed by atoms with van der Waals surface area (Å²) in [5.74, 6) is 0.972. The highest BCUT2D eigenvalue weighted by Gasteiger charge is 2.33. The number of furan rings is 1. The molecule has 2 aromatic carbocycles. The molecule has 0 saturated heterocycles. The molecule has 1 aliphatic heterocycles. The molecule has 4 aromatic rings. The maximum atomic E-state index is 13.7. The maximum Gasteiger partial charge on any atom is 0.338 e. The van der Waals surface area contributed by atoms with Crippen molar-refractivity contribution in [1.29, 1.82) is 0 Å². The molecule has 1 atom stereocenters. The predicted octanol–water partition coefficient (Wildman–Crippen LogP) is 5.45. The number of allylic oxidation sites excluding steroid dienone is 1. The standard InChI is InChI=1S/C29H25ClN2O4S/c1-16(2)18-9-11-19(12-10-18)26-25(28(34)35-4)17(3)31-29-32(26)27(33)24(37-29)15-20-13-14-23(36-20)21-7-5-6-8-22(21)30/h5-16,26H,1-4H3/b24-15-/t26-/m0/s1. The van der Waals surface area contributed by atoms with Crippen molar-refractivity contribution < 1.29 is 13.9 Å². The molecule has 3 heterocycles. The van der Waals surface area contributed by atoms with E-state index in [1.165, 1.54) is 24.0 Å². The van der Waals surface area contributed by atoms with E-state index in [2.05, 4.69) is 18.8 Å². The number of hydrogen-bond donors (Lipinski definition) is 0. The Labute approximate surface area is 222 Å². The molecule has 0 N–H and O–H groups in total. The number of rotatable bonds is 5. The number of hydrogen-bond acceptors (Lipinski definition) is 6. The lowest BCUT2D eigenvalue weighted by atomic mass is 9.93. The van der Waals surface area contributed by atoms with E-state index in [9.17, 15) is 9.59 Å². The molecule has 0 amide bonds. The first-order valence-electron chi connectivity index (χ1n) is 11.8. The molecule has 0 saturated carbocycles. The molecule has 0 spiro atoms. The van der Waals surface area contributed by atoms with E-state index in [4.69, 9.17) is 20.8 Å². The molecule has 1 aliphatic rings. The number of thiazole rings is 1. The molecule has 0 aliphatic carbocycles. The van der Waals surface area contributed by atoms with Gasteiger partial charge in [-0.3, -0.25) is 9.36 Å². The smallest absolute Gasteiger partial charge is 0.338 e. The van der Waals surface area contributed by atoms with Crippen molar-refractivity contribution in [2.75, 3.05) is 7.11 Å². The summed E-state index contributed by atoms with van der Waals surface area (Å²) in [6, 6.07) is 18.4. The third kappa shape index (κ3) is 4.61. The molecule has 37 heavy (non-hydrogen) atoms. The largest absolute Gasteiger partial charge is 0.466 e. The lowest BCUT2D eigenvalue weighted by molar-refractivity contribution is -0.136. The van der Waals surface area contributed by atoms with Gasteiger partial charge in [0, 0.05) is 11.6 Å². The third-order valence-electron chi connectivity index (χ3n) is 6.39. The van der Waals surface area contributed by atoms with E-state index >= 15 is 0 Å². The number of aromatic nitrogens is 1. The van der Waals surface area contributed by atoms with Gasteiger partial charge in [0.15, 0.2) is 4.80 Å². The van der Waals surface area contributed by atoms with Crippen molar-refractivity contribution in [3.8, 4) is 11.3 Å². The van der Waals surface area contributed by atoms with Gasteiger partial charge in [0.1, 0.15) is 11.5 Å². The van der Waals surface area contributed by atoms with E-state index < -0.39 is 12.0 Å². The first kappa shape index (κ1) is 25.0. The number of carbonyl (C=O) groups excluding carboxylic acids is 1. The van der Waals surface area contributed by atoms with Crippen molar-refractivity contribution in [2.24, 2.45) is 4.99 Å². The van der Waals surface area contributed by atoms with Crippen LogP contribution in [0.4, 0.5) is 0 Å². The Balaban J connectivity index is 1.64. The second-order valence-electron chi connectivity index (χ2n) is 9.08. The molecule has 0 fully saturated rings. The van der Waals surface area contributed by atoms with Gasteiger partial charge in [0.05, 0.1) is 34.0 Å².